The highest BCUT2D eigenvalue weighted by molar-refractivity contribution is 14.1. The number of aromatic nitrogens is 1. The third-order valence-electron chi connectivity index (χ3n) is 1.60. The number of carboxylic acids is 1. The number of hydrogen-bond acceptors (Lipinski definition) is 4. The molecule has 1 aromatic rings. The number of ether oxygens (including phenoxy) is 2. The quantitative estimate of drug-likeness (QED) is 0.660. The van der Waals surface area contributed by atoms with Gasteiger partial charge in [0.25, 0.3) is 0 Å². The first-order valence-corrected chi connectivity index (χ1v) is 5.05. The monoisotopic (exact) mass is 363 g/mol. The minimum Gasteiger partial charge on any atom is -0.492 e. The zero-order valence-corrected chi connectivity index (χ0v) is 10.4. The van der Waals surface area contributed by atoms with Crippen molar-refractivity contribution in [2.75, 3.05) is 7.11 Å². The van der Waals surface area contributed by atoms with Gasteiger partial charge >= 0.3 is 12.3 Å². The number of pyridine rings is 1. The van der Waals surface area contributed by atoms with Crippen molar-refractivity contribution in [1.82, 2.24) is 4.98 Å². The lowest BCUT2D eigenvalue weighted by atomic mass is 10.2. The Morgan fingerprint density at radius 2 is 2.12 bits per heavy atom. The summed E-state index contributed by atoms with van der Waals surface area (Å²) in [6, 6.07) is 0. The minimum atomic E-state index is -4.95. The highest BCUT2D eigenvalue weighted by atomic mass is 127. The van der Waals surface area contributed by atoms with Gasteiger partial charge in [-0.1, -0.05) is 0 Å². The third-order valence-corrected chi connectivity index (χ3v) is 2.41. The lowest BCUT2D eigenvalue weighted by Gasteiger charge is -2.14. The third kappa shape index (κ3) is 3.35. The summed E-state index contributed by atoms with van der Waals surface area (Å²) in [5.74, 6) is -2.77. The van der Waals surface area contributed by atoms with Crippen molar-refractivity contribution in [2.45, 2.75) is 6.36 Å². The zero-order valence-electron chi connectivity index (χ0n) is 8.21. The van der Waals surface area contributed by atoms with Crippen LogP contribution in [-0.2, 0) is 0 Å². The Morgan fingerprint density at radius 3 is 2.53 bits per heavy atom. The number of aromatic carboxylic acids is 1. The molecule has 0 atom stereocenters. The lowest BCUT2D eigenvalue weighted by Crippen LogP contribution is -2.19. The summed E-state index contributed by atoms with van der Waals surface area (Å²) in [6.07, 6.45) is -4.20. The Balaban J connectivity index is 3.33. The summed E-state index contributed by atoms with van der Waals surface area (Å²) >= 11 is 1.57. The second-order valence-electron chi connectivity index (χ2n) is 2.67. The van der Waals surface area contributed by atoms with E-state index in [2.05, 4.69) is 14.5 Å². The van der Waals surface area contributed by atoms with Crippen molar-refractivity contribution < 1.29 is 32.5 Å². The molecule has 0 spiro atoms. The molecule has 0 aromatic carbocycles. The van der Waals surface area contributed by atoms with Crippen LogP contribution in [0, 0.1) is 3.70 Å². The van der Waals surface area contributed by atoms with Crippen molar-refractivity contribution in [3.05, 3.63) is 15.5 Å². The van der Waals surface area contributed by atoms with E-state index in [1.54, 1.807) is 22.6 Å². The number of rotatable bonds is 3. The Kier molecular flexibility index (Phi) is 4.01. The Morgan fingerprint density at radius 1 is 1.53 bits per heavy atom. The van der Waals surface area contributed by atoms with Gasteiger partial charge in [-0.3, -0.25) is 0 Å². The Hall–Kier alpha value is -1.26. The highest BCUT2D eigenvalue weighted by Crippen LogP contribution is 2.35. The van der Waals surface area contributed by atoms with Gasteiger partial charge in [0.2, 0.25) is 0 Å². The van der Waals surface area contributed by atoms with Gasteiger partial charge in [0.1, 0.15) is 9.26 Å². The average Bonchev–Trinajstić information content (AvgIpc) is 2.17. The number of carboxylic acid groups (broad SMARTS) is 1. The van der Waals surface area contributed by atoms with Gasteiger partial charge in [-0.15, -0.1) is 13.2 Å². The largest absolute Gasteiger partial charge is 0.573 e. The van der Waals surface area contributed by atoms with Crippen molar-refractivity contribution in [1.29, 1.82) is 0 Å². The first-order valence-electron chi connectivity index (χ1n) is 3.97. The minimum absolute atomic E-state index is 0.00137. The maximum atomic E-state index is 12.0. The fourth-order valence-electron chi connectivity index (χ4n) is 1.04. The van der Waals surface area contributed by atoms with Crippen molar-refractivity contribution in [2.24, 2.45) is 0 Å². The van der Waals surface area contributed by atoms with Crippen LogP contribution >= 0.6 is 22.6 Å². The summed E-state index contributed by atoms with van der Waals surface area (Å²) in [4.78, 5) is 14.4. The zero-order chi connectivity index (χ0) is 13.2. The van der Waals surface area contributed by atoms with Gasteiger partial charge in [-0.2, -0.15) is 0 Å². The highest BCUT2D eigenvalue weighted by Gasteiger charge is 2.34. The molecule has 0 aliphatic heterocycles. The van der Waals surface area contributed by atoms with Gasteiger partial charge in [-0.05, 0) is 22.6 Å². The second-order valence-corrected chi connectivity index (χ2v) is 3.70. The Bertz CT molecular complexity index is 449. The topological polar surface area (TPSA) is 68.7 Å². The second kappa shape index (κ2) is 4.94. The molecule has 0 unspecified atom stereocenters. The number of nitrogens with zero attached hydrogens (tertiary/aromatic N) is 1. The fraction of sp³-hybridized carbons (Fsp3) is 0.250. The molecule has 1 N–H and O–H groups in total. The van der Waals surface area contributed by atoms with Crippen LogP contribution in [0.1, 0.15) is 10.4 Å². The maximum Gasteiger partial charge on any atom is 0.573 e. The van der Waals surface area contributed by atoms with E-state index >= 15 is 0 Å². The summed E-state index contributed by atoms with van der Waals surface area (Å²) in [7, 11) is 1.04. The molecule has 0 amide bonds. The van der Waals surface area contributed by atoms with Crippen molar-refractivity contribution in [3.63, 3.8) is 0 Å². The van der Waals surface area contributed by atoms with Crippen LogP contribution < -0.4 is 9.47 Å². The molecule has 0 radical (unpaired) electrons. The van der Waals surface area contributed by atoms with E-state index in [1.165, 1.54) is 0 Å². The molecule has 0 bridgehead atoms. The van der Waals surface area contributed by atoms with E-state index in [9.17, 15) is 18.0 Å². The van der Waals surface area contributed by atoms with Crippen LogP contribution in [0.25, 0.3) is 0 Å². The number of halogens is 4. The van der Waals surface area contributed by atoms with Gasteiger partial charge in [0.15, 0.2) is 11.5 Å². The van der Waals surface area contributed by atoms with Crippen LogP contribution in [0.3, 0.4) is 0 Å². The average molecular weight is 363 g/mol. The van der Waals surface area contributed by atoms with E-state index in [0.717, 1.165) is 13.3 Å². The SMILES string of the molecule is COc1c(OC(F)(F)F)cnc(I)c1C(=O)O. The summed E-state index contributed by atoms with van der Waals surface area (Å²) in [5.41, 5.74) is -0.477. The Labute approximate surface area is 107 Å². The summed E-state index contributed by atoms with van der Waals surface area (Å²) in [5, 5.41) is 8.84. The molecule has 1 heterocycles. The number of hydrogen-bond donors (Lipinski definition) is 1. The van der Waals surface area contributed by atoms with Crippen LogP contribution in [0.2, 0.25) is 0 Å². The molecule has 0 aliphatic carbocycles. The molecule has 17 heavy (non-hydrogen) atoms. The molecule has 1 aromatic heterocycles. The standard InChI is InChI=1S/C8H5F3INO4/c1-16-5-3(17-8(9,10)11)2-13-6(12)4(5)7(14)15/h2H,1H3,(H,14,15). The first-order chi connectivity index (χ1) is 7.76. The van der Waals surface area contributed by atoms with Gasteiger partial charge in [0, 0.05) is 0 Å². The number of carbonyl (C=O) groups is 1. The lowest BCUT2D eigenvalue weighted by molar-refractivity contribution is -0.275. The molecule has 0 saturated heterocycles. The first kappa shape index (κ1) is 13.8. The van der Waals surface area contributed by atoms with Crippen LogP contribution in [-0.4, -0.2) is 29.5 Å². The van der Waals surface area contributed by atoms with Gasteiger partial charge in [0.05, 0.1) is 13.3 Å². The van der Waals surface area contributed by atoms with Crippen LogP contribution in [0.15, 0.2) is 6.20 Å². The molecular weight excluding hydrogens is 358 g/mol. The summed E-state index contributed by atoms with van der Waals surface area (Å²) < 4.78 is 44.3. The maximum absolute atomic E-state index is 12.0. The molecule has 1 rings (SSSR count). The van der Waals surface area contributed by atoms with Crippen LogP contribution in [0.4, 0.5) is 13.2 Å². The van der Waals surface area contributed by atoms with E-state index < -0.39 is 29.4 Å². The molecule has 0 saturated carbocycles. The molecule has 5 nitrogen and oxygen atoms in total. The van der Waals surface area contributed by atoms with Crippen molar-refractivity contribution >= 4 is 28.6 Å². The number of alkyl halides is 3. The van der Waals surface area contributed by atoms with Gasteiger partial charge < -0.3 is 14.6 Å². The van der Waals surface area contributed by atoms with Gasteiger partial charge in [-0.25, -0.2) is 9.78 Å². The van der Waals surface area contributed by atoms with E-state index in [4.69, 9.17) is 5.11 Å². The predicted molar refractivity (Wildman–Crippen MR) is 57.1 cm³/mol. The van der Waals surface area contributed by atoms with Crippen molar-refractivity contribution in [3.8, 4) is 11.5 Å². The molecule has 9 heteroatoms. The smallest absolute Gasteiger partial charge is 0.492 e. The molecular formula is C8H5F3INO4. The number of methoxy groups -OCH3 is 1. The summed E-state index contributed by atoms with van der Waals surface area (Å²) in [6.45, 7) is 0. The molecule has 0 fully saturated rings. The van der Waals surface area contributed by atoms with E-state index in [-0.39, 0.29) is 3.70 Å². The van der Waals surface area contributed by atoms with E-state index in [1.807, 2.05) is 0 Å². The van der Waals surface area contributed by atoms with E-state index in [0.29, 0.717) is 0 Å². The predicted octanol–water partition coefficient (Wildman–Crippen LogP) is 2.29. The fourth-order valence-corrected chi connectivity index (χ4v) is 1.66. The molecule has 94 valence electrons. The normalized spacial score (nSPS) is 11.1. The molecule has 0 aliphatic rings. The van der Waals surface area contributed by atoms with Crippen LogP contribution in [0.5, 0.6) is 11.5 Å².